The molecule has 2 heterocycles. The lowest BCUT2D eigenvalue weighted by Gasteiger charge is -2.25. The van der Waals surface area contributed by atoms with Gasteiger partial charge in [-0.15, -0.1) is 0 Å². The molecule has 4 aromatic rings. The lowest BCUT2D eigenvalue weighted by molar-refractivity contribution is 0.0738. The van der Waals surface area contributed by atoms with Crippen LogP contribution in [0.5, 0.6) is 0 Å². The first-order valence-corrected chi connectivity index (χ1v) is 10.7. The molecule has 3 aromatic carbocycles. The van der Waals surface area contributed by atoms with Crippen LogP contribution in [0, 0.1) is 5.92 Å². The average molecular weight is 412 g/mol. The molecule has 0 spiro atoms. The SMILES string of the molecule is O=C(c1ccccc1-c1ccccc1)N1CCOC[C@H](Cc2cccc3[nH]ncc23)C1. The molecule has 1 aromatic heterocycles. The highest BCUT2D eigenvalue weighted by Gasteiger charge is 2.25. The first-order chi connectivity index (χ1) is 15.3. The van der Waals surface area contributed by atoms with Gasteiger partial charge in [0.05, 0.1) is 24.9 Å². The van der Waals surface area contributed by atoms with Crippen LogP contribution in [0.15, 0.2) is 79.0 Å². The van der Waals surface area contributed by atoms with Crippen LogP contribution in [0.1, 0.15) is 15.9 Å². The molecule has 0 unspecified atom stereocenters. The van der Waals surface area contributed by atoms with Gasteiger partial charge in [-0.05, 0) is 35.2 Å². The van der Waals surface area contributed by atoms with Crippen LogP contribution in [0.4, 0.5) is 0 Å². The Morgan fingerprint density at radius 1 is 1.03 bits per heavy atom. The van der Waals surface area contributed by atoms with Gasteiger partial charge in [-0.25, -0.2) is 0 Å². The van der Waals surface area contributed by atoms with E-state index in [1.54, 1.807) is 0 Å². The number of hydrogen-bond acceptors (Lipinski definition) is 3. The van der Waals surface area contributed by atoms with E-state index in [4.69, 9.17) is 4.74 Å². The Bertz CT molecular complexity index is 1190. The summed E-state index contributed by atoms with van der Waals surface area (Å²) in [4.78, 5) is 15.5. The van der Waals surface area contributed by atoms with Crippen molar-refractivity contribution in [2.24, 2.45) is 5.92 Å². The van der Waals surface area contributed by atoms with Gasteiger partial charge >= 0.3 is 0 Å². The second-order valence-electron chi connectivity index (χ2n) is 8.06. The van der Waals surface area contributed by atoms with Crippen LogP contribution in [-0.2, 0) is 11.2 Å². The fraction of sp³-hybridized carbons (Fsp3) is 0.231. The van der Waals surface area contributed by atoms with Crippen LogP contribution in [-0.4, -0.2) is 47.3 Å². The van der Waals surface area contributed by atoms with E-state index < -0.39 is 0 Å². The molecule has 0 saturated carbocycles. The van der Waals surface area contributed by atoms with Gasteiger partial charge in [0, 0.05) is 30.0 Å². The molecule has 5 nitrogen and oxygen atoms in total. The Kier molecular flexibility index (Phi) is 5.50. The highest BCUT2D eigenvalue weighted by Crippen LogP contribution is 2.26. The molecule has 0 aliphatic carbocycles. The number of rotatable bonds is 4. The van der Waals surface area contributed by atoms with Gasteiger partial charge in [0.2, 0.25) is 0 Å². The standard InChI is InChI=1S/C26H25N3O2/c30-26(23-11-5-4-10-22(23)20-7-2-1-3-8-20)29-13-14-31-18-19(17-29)15-21-9-6-12-25-24(21)16-27-28-25/h1-12,16,19H,13-15,17-18H2,(H,27,28)/t19-/m1/s1. The van der Waals surface area contributed by atoms with E-state index in [-0.39, 0.29) is 11.8 Å². The molecule has 0 bridgehead atoms. The number of benzene rings is 3. The molecular formula is C26H25N3O2. The fourth-order valence-corrected chi connectivity index (χ4v) is 4.42. The summed E-state index contributed by atoms with van der Waals surface area (Å²) in [5.41, 5.74) is 5.04. The molecule has 1 N–H and O–H groups in total. The number of aromatic nitrogens is 2. The zero-order chi connectivity index (χ0) is 21.0. The lowest BCUT2D eigenvalue weighted by atomic mass is 9.96. The molecule has 1 amide bonds. The van der Waals surface area contributed by atoms with E-state index in [0.717, 1.165) is 34.0 Å². The zero-order valence-corrected chi connectivity index (χ0v) is 17.3. The number of carbonyl (C=O) groups excluding carboxylic acids is 1. The maximum Gasteiger partial charge on any atom is 0.254 e. The zero-order valence-electron chi connectivity index (χ0n) is 17.3. The Morgan fingerprint density at radius 3 is 2.77 bits per heavy atom. The van der Waals surface area contributed by atoms with Crippen molar-refractivity contribution >= 4 is 16.8 Å². The topological polar surface area (TPSA) is 58.2 Å². The molecule has 1 aliphatic heterocycles. The Hall–Kier alpha value is -3.44. The third kappa shape index (κ3) is 4.09. The van der Waals surface area contributed by atoms with Gasteiger partial charge in [0.15, 0.2) is 0 Å². The number of H-pyrrole nitrogens is 1. The summed E-state index contributed by atoms with van der Waals surface area (Å²) in [6.07, 6.45) is 2.72. The minimum absolute atomic E-state index is 0.0662. The van der Waals surface area contributed by atoms with Crippen LogP contribution in [0.3, 0.4) is 0 Å². The van der Waals surface area contributed by atoms with E-state index in [1.165, 1.54) is 5.56 Å². The van der Waals surface area contributed by atoms with Crippen molar-refractivity contribution in [3.63, 3.8) is 0 Å². The number of hydrogen-bond donors (Lipinski definition) is 1. The second-order valence-corrected chi connectivity index (χ2v) is 8.06. The van der Waals surface area contributed by atoms with Crippen molar-refractivity contribution in [1.82, 2.24) is 15.1 Å². The largest absolute Gasteiger partial charge is 0.379 e. The van der Waals surface area contributed by atoms with Crippen LogP contribution < -0.4 is 0 Å². The molecule has 156 valence electrons. The van der Waals surface area contributed by atoms with Crippen molar-refractivity contribution in [2.75, 3.05) is 26.3 Å². The molecule has 1 aliphatic rings. The van der Waals surface area contributed by atoms with Crippen molar-refractivity contribution in [2.45, 2.75) is 6.42 Å². The van der Waals surface area contributed by atoms with Gasteiger partial charge in [-0.2, -0.15) is 5.10 Å². The highest BCUT2D eigenvalue weighted by atomic mass is 16.5. The van der Waals surface area contributed by atoms with E-state index in [9.17, 15) is 4.79 Å². The van der Waals surface area contributed by atoms with Crippen molar-refractivity contribution in [3.8, 4) is 11.1 Å². The highest BCUT2D eigenvalue weighted by molar-refractivity contribution is 6.01. The number of carbonyl (C=O) groups is 1. The minimum Gasteiger partial charge on any atom is -0.379 e. The van der Waals surface area contributed by atoms with E-state index in [2.05, 4.69) is 16.3 Å². The molecule has 5 heteroatoms. The molecule has 1 atom stereocenters. The quantitative estimate of drug-likeness (QED) is 0.536. The van der Waals surface area contributed by atoms with Crippen molar-refractivity contribution < 1.29 is 9.53 Å². The Balaban J connectivity index is 1.39. The number of amides is 1. The molecule has 5 rings (SSSR count). The maximum absolute atomic E-state index is 13.6. The van der Waals surface area contributed by atoms with Gasteiger partial charge in [0.1, 0.15) is 0 Å². The van der Waals surface area contributed by atoms with Crippen molar-refractivity contribution in [3.05, 3.63) is 90.1 Å². The number of aromatic amines is 1. The molecule has 1 saturated heterocycles. The first-order valence-electron chi connectivity index (χ1n) is 10.7. The monoisotopic (exact) mass is 411 g/mol. The molecular weight excluding hydrogens is 386 g/mol. The number of nitrogens with zero attached hydrogens (tertiary/aromatic N) is 2. The maximum atomic E-state index is 13.6. The summed E-state index contributed by atoms with van der Waals surface area (Å²) >= 11 is 0. The van der Waals surface area contributed by atoms with Crippen LogP contribution in [0.25, 0.3) is 22.0 Å². The van der Waals surface area contributed by atoms with Gasteiger partial charge in [0.25, 0.3) is 5.91 Å². The fourth-order valence-electron chi connectivity index (χ4n) is 4.42. The smallest absolute Gasteiger partial charge is 0.254 e. The predicted octanol–water partition coefficient (Wildman–Crippen LogP) is 4.56. The normalized spacial score (nSPS) is 16.9. The average Bonchev–Trinajstić information content (AvgIpc) is 3.19. The number of fused-ring (bicyclic) bond motifs is 1. The number of nitrogens with one attached hydrogen (secondary N) is 1. The third-order valence-corrected chi connectivity index (χ3v) is 5.95. The van der Waals surface area contributed by atoms with E-state index in [1.807, 2.05) is 77.8 Å². The van der Waals surface area contributed by atoms with Gasteiger partial charge in [-0.1, -0.05) is 60.7 Å². The lowest BCUT2D eigenvalue weighted by Crippen LogP contribution is -2.36. The minimum atomic E-state index is 0.0662. The first kappa shape index (κ1) is 19.5. The summed E-state index contributed by atoms with van der Waals surface area (Å²) < 4.78 is 5.89. The molecule has 31 heavy (non-hydrogen) atoms. The summed E-state index contributed by atoms with van der Waals surface area (Å²) in [5.74, 6) is 0.298. The van der Waals surface area contributed by atoms with E-state index >= 15 is 0 Å². The summed E-state index contributed by atoms with van der Waals surface area (Å²) in [7, 11) is 0. The second kappa shape index (κ2) is 8.74. The van der Waals surface area contributed by atoms with Gasteiger partial charge in [-0.3, -0.25) is 9.89 Å². The Labute approximate surface area is 181 Å². The predicted molar refractivity (Wildman–Crippen MR) is 122 cm³/mol. The summed E-state index contributed by atoms with van der Waals surface area (Å²) in [6, 6.07) is 24.2. The summed E-state index contributed by atoms with van der Waals surface area (Å²) in [6.45, 7) is 2.49. The number of ether oxygens (including phenoxy) is 1. The van der Waals surface area contributed by atoms with Crippen LogP contribution in [0.2, 0.25) is 0 Å². The third-order valence-electron chi connectivity index (χ3n) is 5.95. The van der Waals surface area contributed by atoms with E-state index in [0.29, 0.717) is 26.3 Å². The molecule has 1 fully saturated rings. The van der Waals surface area contributed by atoms with Crippen LogP contribution >= 0.6 is 0 Å². The summed E-state index contributed by atoms with van der Waals surface area (Å²) in [5, 5.41) is 8.35. The van der Waals surface area contributed by atoms with Gasteiger partial charge < -0.3 is 9.64 Å². The van der Waals surface area contributed by atoms with Crippen molar-refractivity contribution in [1.29, 1.82) is 0 Å². The Morgan fingerprint density at radius 2 is 1.87 bits per heavy atom. The molecule has 0 radical (unpaired) electrons.